The second-order valence-corrected chi connectivity index (χ2v) is 11.7. The number of benzene rings is 3. The molecule has 0 radical (unpaired) electrons. The summed E-state index contributed by atoms with van der Waals surface area (Å²) in [5, 5.41) is 2.88. The van der Waals surface area contributed by atoms with Crippen LogP contribution in [-0.4, -0.2) is 51.4 Å². The van der Waals surface area contributed by atoms with Gasteiger partial charge in [-0.3, -0.25) is 13.9 Å². The van der Waals surface area contributed by atoms with E-state index in [1.54, 1.807) is 43.3 Å². The van der Waals surface area contributed by atoms with Gasteiger partial charge in [-0.15, -0.1) is 0 Å². The third-order valence-electron chi connectivity index (χ3n) is 6.30. The first kappa shape index (κ1) is 29.7. The van der Waals surface area contributed by atoms with Gasteiger partial charge in [0, 0.05) is 13.1 Å². The van der Waals surface area contributed by atoms with Crippen molar-refractivity contribution < 1.29 is 22.7 Å². The monoisotopic (exact) mass is 551 g/mol. The smallest absolute Gasteiger partial charge is 0.264 e. The number of anilines is 1. The SMILES string of the molecule is COc1ccc(S(=O)(=O)N(CC(=O)N(Cc2ccccc2)[C@@H](C)C(=O)NCC(C)C)c2ccc(C)cc2)cc1. The Kier molecular flexibility index (Phi) is 10.1. The van der Waals surface area contributed by atoms with E-state index in [-0.39, 0.29) is 23.3 Å². The summed E-state index contributed by atoms with van der Waals surface area (Å²) in [5.74, 6) is -0.0372. The number of rotatable bonds is 12. The summed E-state index contributed by atoms with van der Waals surface area (Å²) in [5.41, 5.74) is 2.13. The summed E-state index contributed by atoms with van der Waals surface area (Å²) >= 11 is 0. The molecule has 3 aromatic carbocycles. The molecule has 0 aromatic heterocycles. The lowest BCUT2D eigenvalue weighted by molar-refractivity contribution is -0.139. The van der Waals surface area contributed by atoms with Gasteiger partial charge in [0.2, 0.25) is 11.8 Å². The van der Waals surface area contributed by atoms with Gasteiger partial charge >= 0.3 is 0 Å². The number of nitrogens with one attached hydrogen (secondary N) is 1. The molecule has 0 saturated carbocycles. The zero-order valence-electron chi connectivity index (χ0n) is 23.1. The molecule has 0 fully saturated rings. The molecule has 8 nitrogen and oxygen atoms in total. The highest BCUT2D eigenvalue weighted by Crippen LogP contribution is 2.26. The Morgan fingerprint density at radius 3 is 2.08 bits per heavy atom. The second kappa shape index (κ2) is 13.3. The van der Waals surface area contributed by atoms with Crippen molar-refractivity contribution >= 4 is 27.5 Å². The van der Waals surface area contributed by atoms with Gasteiger partial charge in [-0.25, -0.2) is 8.42 Å². The molecule has 208 valence electrons. The van der Waals surface area contributed by atoms with Crippen LogP contribution in [0.5, 0.6) is 5.75 Å². The summed E-state index contributed by atoms with van der Waals surface area (Å²) in [6.07, 6.45) is 0. The fourth-order valence-electron chi connectivity index (χ4n) is 3.93. The van der Waals surface area contributed by atoms with E-state index in [0.29, 0.717) is 18.0 Å². The molecule has 3 aromatic rings. The van der Waals surface area contributed by atoms with Crippen LogP contribution in [0, 0.1) is 12.8 Å². The maximum absolute atomic E-state index is 13.9. The van der Waals surface area contributed by atoms with Gasteiger partial charge < -0.3 is 15.0 Å². The maximum Gasteiger partial charge on any atom is 0.264 e. The molecule has 1 atom stereocenters. The van der Waals surface area contributed by atoms with E-state index in [4.69, 9.17) is 4.74 Å². The first-order chi connectivity index (χ1) is 18.5. The first-order valence-electron chi connectivity index (χ1n) is 12.9. The molecular formula is C30H37N3O5S. The molecule has 0 aliphatic rings. The third-order valence-corrected chi connectivity index (χ3v) is 8.08. The van der Waals surface area contributed by atoms with Crippen LogP contribution in [-0.2, 0) is 26.2 Å². The van der Waals surface area contributed by atoms with Crippen molar-refractivity contribution in [1.29, 1.82) is 0 Å². The Bertz CT molecular complexity index is 1340. The van der Waals surface area contributed by atoms with E-state index in [9.17, 15) is 18.0 Å². The average Bonchev–Trinajstić information content (AvgIpc) is 2.93. The molecule has 2 amide bonds. The van der Waals surface area contributed by atoms with Crippen LogP contribution in [0.25, 0.3) is 0 Å². The number of amides is 2. The van der Waals surface area contributed by atoms with Crippen molar-refractivity contribution in [3.63, 3.8) is 0 Å². The minimum Gasteiger partial charge on any atom is -0.497 e. The maximum atomic E-state index is 13.9. The van der Waals surface area contributed by atoms with Crippen molar-refractivity contribution in [2.24, 2.45) is 5.92 Å². The predicted molar refractivity (Wildman–Crippen MR) is 153 cm³/mol. The number of ether oxygens (including phenoxy) is 1. The lowest BCUT2D eigenvalue weighted by Crippen LogP contribution is -2.51. The van der Waals surface area contributed by atoms with Gasteiger partial charge in [-0.05, 0) is 61.7 Å². The summed E-state index contributed by atoms with van der Waals surface area (Å²) < 4.78 is 34.0. The number of aryl methyl sites for hydroxylation is 1. The number of hydrogen-bond acceptors (Lipinski definition) is 5. The Hall–Kier alpha value is -3.85. The van der Waals surface area contributed by atoms with E-state index in [2.05, 4.69) is 5.32 Å². The predicted octanol–water partition coefficient (Wildman–Crippen LogP) is 4.39. The molecule has 3 rings (SSSR count). The Morgan fingerprint density at radius 2 is 1.51 bits per heavy atom. The van der Waals surface area contributed by atoms with Crippen molar-refractivity contribution in [3.8, 4) is 5.75 Å². The number of sulfonamides is 1. The van der Waals surface area contributed by atoms with Crippen LogP contribution in [0.3, 0.4) is 0 Å². The molecule has 0 bridgehead atoms. The standard InChI is InChI=1S/C30H37N3O5S/c1-22(2)19-31-30(35)24(4)32(20-25-9-7-6-8-10-25)29(34)21-33(26-13-11-23(3)12-14-26)39(36,37)28-17-15-27(38-5)16-18-28/h6-18,22,24H,19-21H2,1-5H3,(H,31,35)/t24-/m0/s1. The van der Waals surface area contributed by atoms with Crippen LogP contribution < -0.4 is 14.4 Å². The minimum atomic E-state index is -4.13. The molecule has 0 spiro atoms. The number of carbonyl (C=O) groups is 2. The molecule has 39 heavy (non-hydrogen) atoms. The van der Waals surface area contributed by atoms with Gasteiger partial charge in [0.1, 0.15) is 18.3 Å². The summed E-state index contributed by atoms with van der Waals surface area (Å²) in [7, 11) is -2.63. The van der Waals surface area contributed by atoms with E-state index < -0.39 is 28.5 Å². The molecule has 0 aliphatic carbocycles. The quantitative estimate of drug-likeness (QED) is 0.360. The zero-order chi connectivity index (χ0) is 28.6. The summed E-state index contributed by atoms with van der Waals surface area (Å²) in [6, 6.07) is 21.4. The van der Waals surface area contributed by atoms with Gasteiger partial charge in [-0.2, -0.15) is 0 Å². The van der Waals surface area contributed by atoms with Crippen LogP contribution in [0.15, 0.2) is 83.8 Å². The van der Waals surface area contributed by atoms with E-state index in [1.807, 2.05) is 51.1 Å². The molecule has 1 N–H and O–H groups in total. The molecular weight excluding hydrogens is 514 g/mol. The highest BCUT2D eigenvalue weighted by Gasteiger charge is 2.32. The highest BCUT2D eigenvalue weighted by molar-refractivity contribution is 7.92. The van der Waals surface area contributed by atoms with Crippen molar-refractivity contribution in [3.05, 3.63) is 90.0 Å². The van der Waals surface area contributed by atoms with Gasteiger partial charge in [-0.1, -0.05) is 61.9 Å². The number of nitrogens with zero attached hydrogens (tertiary/aromatic N) is 2. The fourth-order valence-corrected chi connectivity index (χ4v) is 5.34. The lowest BCUT2D eigenvalue weighted by atomic mass is 10.1. The largest absolute Gasteiger partial charge is 0.497 e. The Morgan fingerprint density at radius 1 is 0.897 bits per heavy atom. The Labute approximate surface area is 231 Å². The lowest BCUT2D eigenvalue weighted by Gasteiger charge is -2.32. The van der Waals surface area contributed by atoms with Gasteiger partial charge in [0.25, 0.3) is 10.0 Å². The molecule has 9 heteroatoms. The van der Waals surface area contributed by atoms with E-state index in [1.165, 1.54) is 24.1 Å². The number of hydrogen-bond donors (Lipinski definition) is 1. The minimum absolute atomic E-state index is 0.0222. The summed E-state index contributed by atoms with van der Waals surface area (Å²) in [6.45, 7) is 7.67. The highest BCUT2D eigenvalue weighted by atomic mass is 32.2. The molecule has 0 aliphatic heterocycles. The second-order valence-electron chi connectivity index (χ2n) is 9.84. The number of carbonyl (C=O) groups excluding carboxylic acids is 2. The Balaban J connectivity index is 1.99. The topological polar surface area (TPSA) is 96.0 Å². The zero-order valence-corrected chi connectivity index (χ0v) is 23.9. The van der Waals surface area contributed by atoms with Gasteiger partial charge in [0.05, 0.1) is 17.7 Å². The van der Waals surface area contributed by atoms with Crippen molar-refractivity contribution in [2.75, 3.05) is 24.5 Å². The van der Waals surface area contributed by atoms with Crippen LogP contribution in [0.4, 0.5) is 5.69 Å². The summed E-state index contributed by atoms with van der Waals surface area (Å²) in [4.78, 5) is 28.3. The van der Waals surface area contributed by atoms with Gasteiger partial charge in [0.15, 0.2) is 0 Å². The van der Waals surface area contributed by atoms with Crippen LogP contribution in [0.2, 0.25) is 0 Å². The molecule has 0 unspecified atom stereocenters. The van der Waals surface area contributed by atoms with Crippen LogP contribution >= 0.6 is 0 Å². The molecule has 0 heterocycles. The third kappa shape index (κ3) is 7.83. The first-order valence-corrected chi connectivity index (χ1v) is 14.3. The van der Waals surface area contributed by atoms with Crippen molar-refractivity contribution in [1.82, 2.24) is 10.2 Å². The van der Waals surface area contributed by atoms with E-state index >= 15 is 0 Å². The number of methoxy groups -OCH3 is 1. The van der Waals surface area contributed by atoms with E-state index in [0.717, 1.165) is 15.4 Å². The normalized spacial score (nSPS) is 12.1. The van der Waals surface area contributed by atoms with Crippen LogP contribution in [0.1, 0.15) is 31.9 Å². The van der Waals surface area contributed by atoms with Crippen molar-refractivity contribution in [2.45, 2.75) is 45.2 Å². The molecule has 0 saturated heterocycles. The average molecular weight is 552 g/mol. The fraction of sp³-hybridized carbons (Fsp3) is 0.333.